The highest BCUT2D eigenvalue weighted by atomic mass is 16.5. The lowest BCUT2D eigenvalue weighted by Gasteiger charge is -2.45. The van der Waals surface area contributed by atoms with Crippen LogP contribution in [-0.4, -0.2) is 47.3 Å². The third-order valence-corrected chi connectivity index (χ3v) is 3.73. The first-order chi connectivity index (χ1) is 7.58. The zero-order valence-electron chi connectivity index (χ0n) is 10.5. The van der Waals surface area contributed by atoms with E-state index in [4.69, 9.17) is 4.74 Å². The average Bonchev–Trinajstić information content (AvgIpc) is 2.30. The number of rotatable bonds is 5. The van der Waals surface area contributed by atoms with Gasteiger partial charge in [-0.25, -0.2) is 0 Å². The molecule has 0 radical (unpaired) electrons. The molecule has 94 valence electrons. The van der Waals surface area contributed by atoms with Crippen LogP contribution in [0.5, 0.6) is 0 Å². The summed E-state index contributed by atoms with van der Waals surface area (Å²) in [7, 11) is 0. The third-order valence-electron chi connectivity index (χ3n) is 3.73. The van der Waals surface area contributed by atoms with E-state index in [1.165, 1.54) is 0 Å². The van der Waals surface area contributed by atoms with Crippen molar-refractivity contribution in [3.63, 3.8) is 0 Å². The van der Waals surface area contributed by atoms with Gasteiger partial charge in [-0.15, -0.1) is 0 Å². The highest BCUT2D eigenvalue weighted by Crippen LogP contribution is 2.30. The molecule has 0 aromatic heterocycles. The SMILES string of the molecule is CCC(C)N(CC)C1(C(=O)O)CCOCC1. The molecule has 0 aromatic rings. The third kappa shape index (κ3) is 2.38. The van der Waals surface area contributed by atoms with Crippen LogP contribution in [0.15, 0.2) is 0 Å². The van der Waals surface area contributed by atoms with E-state index in [2.05, 4.69) is 18.7 Å². The van der Waals surface area contributed by atoms with Crippen LogP contribution in [0.4, 0.5) is 0 Å². The highest BCUT2D eigenvalue weighted by molar-refractivity contribution is 5.79. The van der Waals surface area contributed by atoms with Crippen molar-refractivity contribution in [2.45, 2.75) is 51.6 Å². The summed E-state index contributed by atoms with van der Waals surface area (Å²) >= 11 is 0. The Labute approximate surface area is 97.6 Å². The van der Waals surface area contributed by atoms with Gasteiger partial charge in [-0.2, -0.15) is 0 Å². The number of carboxylic acid groups (broad SMARTS) is 1. The maximum Gasteiger partial charge on any atom is 0.324 e. The number of nitrogens with zero attached hydrogens (tertiary/aromatic N) is 1. The van der Waals surface area contributed by atoms with Crippen LogP contribution in [0.1, 0.15) is 40.0 Å². The van der Waals surface area contributed by atoms with E-state index in [1.54, 1.807) is 0 Å². The minimum atomic E-state index is -0.706. The molecule has 1 N–H and O–H groups in total. The lowest BCUT2D eigenvalue weighted by atomic mass is 9.86. The Hall–Kier alpha value is -0.610. The van der Waals surface area contributed by atoms with Gasteiger partial charge in [-0.05, 0) is 32.7 Å². The molecular weight excluding hydrogens is 206 g/mol. The molecular formula is C12H23NO3. The molecule has 1 fully saturated rings. The van der Waals surface area contributed by atoms with Crippen molar-refractivity contribution < 1.29 is 14.6 Å². The first kappa shape index (κ1) is 13.5. The highest BCUT2D eigenvalue weighted by Gasteiger charge is 2.46. The van der Waals surface area contributed by atoms with Crippen LogP contribution in [0.2, 0.25) is 0 Å². The number of hydrogen-bond acceptors (Lipinski definition) is 3. The van der Waals surface area contributed by atoms with E-state index in [-0.39, 0.29) is 0 Å². The van der Waals surface area contributed by atoms with Gasteiger partial charge in [0.2, 0.25) is 0 Å². The summed E-state index contributed by atoms with van der Waals surface area (Å²) in [6.45, 7) is 8.12. The molecule has 0 aromatic carbocycles. The molecule has 1 saturated heterocycles. The smallest absolute Gasteiger partial charge is 0.324 e. The fourth-order valence-corrected chi connectivity index (χ4v) is 2.59. The summed E-state index contributed by atoms with van der Waals surface area (Å²) in [4.78, 5) is 13.7. The lowest BCUT2D eigenvalue weighted by Crippen LogP contribution is -2.60. The summed E-state index contributed by atoms with van der Waals surface area (Å²) in [5.41, 5.74) is -0.706. The predicted octanol–water partition coefficient (Wildman–Crippen LogP) is 1.74. The van der Waals surface area contributed by atoms with Crippen LogP contribution in [0.3, 0.4) is 0 Å². The molecule has 1 heterocycles. The minimum absolute atomic E-state index is 0.305. The average molecular weight is 229 g/mol. The first-order valence-corrected chi connectivity index (χ1v) is 6.16. The van der Waals surface area contributed by atoms with Gasteiger partial charge < -0.3 is 9.84 Å². The summed E-state index contributed by atoms with van der Waals surface area (Å²) < 4.78 is 5.29. The Morgan fingerprint density at radius 2 is 2.00 bits per heavy atom. The quantitative estimate of drug-likeness (QED) is 0.780. The second kappa shape index (κ2) is 5.64. The number of carbonyl (C=O) groups is 1. The normalized spacial score (nSPS) is 22.0. The van der Waals surface area contributed by atoms with Gasteiger partial charge in [0.05, 0.1) is 0 Å². The van der Waals surface area contributed by atoms with Crippen LogP contribution in [0.25, 0.3) is 0 Å². The second-order valence-corrected chi connectivity index (χ2v) is 4.49. The van der Waals surface area contributed by atoms with Crippen LogP contribution >= 0.6 is 0 Å². The predicted molar refractivity (Wildman–Crippen MR) is 62.6 cm³/mol. The summed E-state index contributed by atoms with van der Waals surface area (Å²) in [6.07, 6.45) is 2.17. The molecule has 0 saturated carbocycles. The zero-order valence-corrected chi connectivity index (χ0v) is 10.5. The van der Waals surface area contributed by atoms with E-state index < -0.39 is 11.5 Å². The summed E-state index contributed by atoms with van der Waals surface area (Å²) in [5, 5.41) is 9.54. The number of aliphatic carboxylic acids is 1. The molecule has 0 bridgehead atoms. The van der Waals surface area contributed by atoms with E-state index in [0.717, 1.165) is 13.0 Å². The minimum Gasteiger partial charge on any atom is -0.480 e. The van der Waals surface area contributed by atoms with Crippen LogP contribution in [0, 0.1) is 0 Å². The van der Waals surface area contributed by atoms with Crippen molar-refractivity contribution in [2.75, 3.05) is 19.8 Å². The van der Waals surface area contributed by atoms with Crippen molar-refractivity contribution in [2.24, 2.45) is 0 Å². The van der Waals surface area contributed by atoms with Gasteiger partial charge in [0.1, 0.15) is 5.54 Å². The van der Waals surface area contributed by atoms with Gasteiger partial charge in [0, 0.05) is 19.3 Å². The second-order valence-electron chi connectivity index (χ2n) is 4.49. The lowest BCUT2D eigenvalue weighted by molar-refractivity contribution is -0.161. The molecule has 16 heavy (non-hydrogen) atoms. The molecule has 1 unspecified atom stereocenters. The Kier molecular flexibility index (Phi) is 4.74. The Bertz CT molecular complexity index is 236. The maximum atomic E-state index is 11.6. The standard InChI is InChI=1S/C12H23NO3/c1-4-10(3)13(5-2)12(11(14)15)6-8-16-9-7-12/h10H,4-9H2,1-3H3,(H,14,15). The molecule has 0 spiro atoms. The molecule has 1 aliphatic rings. The fourth-order valence-electron chi connectivity index (χ4n) is 2.59. The molecule has 4 nitrogen and oxygen atoms in total. The van der Waals surface area contributed by atoms with Crippen LogP contribution in [-0.2, 0) is 9.53 Å². The number of hydrogen-bond donors (Lipinski definition) is 1. The van der Waals surface area contributed by atoms with E-state index >= 15 is 0 Å². The monoisotopic (exact) mass is 229 g/mol. The van der Waals surface area contributed by atoms with Crippen molar-refractivity contribution in [3.8, 4) is 0 Å². The molecule has 0 aliphatic carbocycles. The largest absolute Gasteiger partial charge is 0.480 e. The summed E-state index contributed by atoms with van der Waals surface area (Å²) in [5.74, 6) is -0.696. The van der Waals surface area contributed by atoms with E-state index in [1.807, 2.05) is 6.92 Å². The topological polar surface area (TPSA) is 49.8 Å². The molecule has 1 aliphatic heterocycles. The first-order valence-electron chi connectivity index (χ1n) is 6.16. The molecule has 4 heteroatoms. The molecule has 1 atom stereocenters. The Morgan fingerprint density at radius 1 is 1.44 bits per heavy atom. The zero-order chi connectivity index (χ0) is 12.2. The molecule has 1 rings (SSSR count). The maximum absolute atomic E-state index is 11.6. The Morgan fingerprint density at radius 3 is 2.38 bits per heavy atom. The van der Waals surface area contributed by atoms with E-state index in [9.17, 15) is 9.90 Å². The summed E-state index contributed by atoms with van der Waals surface area (Å²) in [6, 6.07) is 0.305. The van der Waals surface area contributed by atoms with Gasteiger partial charge in [-0.1, -0.05) is 13.8 Å². The van der Waals surface area contributed by atoms with Gasteiger partial charge in [0.25, 0.3) is 0 Å². The fraction of sp³-hybridized carbons (Fsp3) is 0.917. The van der Waals surface area contributed by atoms with Crippen LogP contribution < -0.4 is 0 Å². The number of likely N-dealkylation sites (N-methyl/N-ethyl adjacent to an activating group) is 1. The van der Waals surface area contributed by atoms with Crippen molar-refractivity contribution in [1.29, 1.82) is 0 Å². The van der Waals surface area contributed by atoms with Gasteiger partial charge in [-0.3, -0.25) is 9.69 Å². The van der Waals surface area contributed by atoms with Crippen molar-refractivity contribution in [3.05, 3.63) is 0 Å². The molecule has 0 amide bonds. The van der Waals surface area contributed by atoms with Gasteiger partial charge in [0.15, 0.2) is 0 Å². The van der Waals surface area contributed by atoms with Gasteiger partial charge >= 0.3 is 5.97 Å². The number of carboxylic acids is 1. The van der Waals surface area contributed by atoms with Crippen molar-refractivity contribution >= 4 is 5.97 Å². The van der Waals surface area contributed by atoms with E-state index in [0.29, 0.717) is 32.1 Å². The van der Waals surface area contributed by atoms with Crippen molar-refractivity contribution in [1.82, 2.24) is 4.90 Å². The number of ether oxygens (including phenoxy) is 1. The Balaban J connectivity index is 2.93.